The fraction of sp³-hybridized carbons (Fsp3) is 0.571. The van der Waals surface area contributed by atoms with Crippen LogP contribution >= 0.6 is 0 Å². The molecule has 0 aromatic rings. The Morgan fingerprint density at radius 2 is 0.792 bits per heavy atom. The number of aliphatic hydroxyl groups is 1. The van der Waals surface area contributed by atoms with Gasteiger partial charge >= 0.3 is 5.97 Å². The monoisotopic (exact) mass is 731 g/mol. The molecule has 0 saturated carbocycles. The molecule has 0 aliphatic heterocycles. The van der Waals surface area contributed by atoms with Gasteiger partial charge in [-0.2, -0.15) is 0 Å². The molecule has 4 nitrogen and oxygen atoms in total. The van der Waals surface area contributed by atoms with E-state index < -0.39 is 6.10 Å². The molecule has 1 unspecified atom stereocenters. The minimum Gasteiger partial charge on any atom is -0.457 e. The van der Waals surface area contributed by atoms with E-state index in [-0.39, 0.29) is 19.2 Å². The lowest BCUT2D eigenvalue weighted by Gasteiger charge is -2.15. The Kier molecular flexibility index (Phi) is 42.2. The van der Waals surface area contributed by atoms with E-state index in [1.165, 1.54) is 25.7 Å². The highest BCUT2D eigenvalue weighted by atomic mass is 16.6. The van der Waals surface area contributed by atoms with Gasteiger partial charge in [-0.1, -0.05) is 167 Å². The number of carbonyl (C=O) groups is 1. The molecule has 0 aromatic heterocycles. The van der Waals surface area contributed by atoms with Crippen molar-refractivity contribution in [1.82, 2.24) is 0 Å². The second-order valence-corrected chi connectivity index (χ2v) is 13.3. The van der Waals surface area contributed by atoms with E-state index in [1.807, 2.05) is 0 Å². The first-order valence-electron chi connectivity index (χ1n) is 21.1. The maximum Gasteiger partial charge on any atom is 0.306 e. The van der Waals surface area contributed by atoms with E-state index in [9.17, 15) is 9.90 Å². The molecule has 0 aliphatic carbocycles. The summed E-state index contributed by atoms with van der Waals surface area (Å²) in [5.74, 6) is -0.233. The van der Waals surface area contributed by atoms with Crippen LogP contribution in [0.4, 0.5) is 0 Å². The number of aliphatic hydroxyl groups excluding tert-OH is 1. The van der Waals surface area contributed by atoms with E-state index in [1.54, 1.807) is 0 Å². The first-order chi connectivity index (χ1) is 26.2. The average Bonchev–Trinajstić information content (AvgIpc) is 3.16. The van der Waals surface area contributed by atoms with Gasteiger partial charge in [0.25, 0.3) is 0 Å². The summed E-state index contributed by atoms with van der Waals surface area (Å²) in [6.45, 7) is 4.98. The lowest BCUT2D eigenvalue weighted by atomic mass is 10.1. The fourth-order valence-electron chi connectivity index (χ4n) is 5.20. The van der Waals surface area contributed by atoms with Crippen molar-refractivity contribution in [2.24, 2.45) is 0 Å². The Balaban J connectivity index is 3.60. The van der Waals surface area contributed by atoms with Crippen LogP contribution in [0.1, 0.15) is 155 Å². The summed E-state index contributed by atoms with van der Waals surface area (Å²) in [7, 11) is 0. The van der Waals surface area contributed by atoms with Gasteiger partial charge in [-0.25, -0.2) is 0 Å². The van der Waals surface area contributed by atoms with Crippen molar-refractivity contribution >= 4 is 5.97 Å². The standard InChI is InChI=1S/C49H78O4/c1-3-5-7-9-11-13-15-17-19-21-23-24-25-26-27-28-30-32-34-36-38-40-42-44-49(51)53-48(46-50)47-52-45-43-41-39-37-35-33-31-29-22-20-18-16-14-12-10-8-6-4-2/h5-8,11-14,17-20,23-24,26-27,29,31,35,37,48,50H,3-4,9-10,15-16,21-22,25,28,30,32-34,36,38-47H2,1-2H3/b7-5-,8-6-,13-11-,14-12-,19-17-,20-18-,24-23-,27-26-,31-29-,37-35-. The highest BCUT2D eigenvalue weighted by Crippen LogP contribution is 2.11. The summed E-state index contributed by atoms with van der Waals surface area (Å²) in [4.78, 5) is 12.2. The first kappa shape index (κ1) is 49.8. The van der Waals surface area contributed by atoms with Crippen molar-refractivity contribution in [3.05, 3.63) is 122 Å². The van der Waals surface area contributed by atoms with Gasteiger partial charge in [0.15, 0.2) is 0 Å². The van der Waals surface area contributed by atoms with Crippen LogP contribution in [-0.2, 0) is 14.3 Å². The molecule has 0 rings (SSSR count). The van der Waals surface area contributed by atoms with E-state index in [4.69, 9.17) is 9.47 Å². The molecule has 0 spiro atoms. The Morgan fingerprint density at radius 3 is 1.19 bits per heavy atom. The molecule has 0 saturated heterocycles. The van der Waals surface area contributed by atoms with Crippen molar-refractivity contribution in [2.75, 3.05) is 19.8 Å². The summed E-state index contributed by atoms with van der Waals surface area (Å²) in [6, 6.07) is 0. The van der Waals surface area contributed by atoms with Crippen molar-refractivity contribution in [3.63, 3.8) is 0 Å². The highest BCUT2D eigenvalue weighted by molar-refractivity contribution is 5.69. The molecule has 0 aromatic carbocycles. The molecule has 0 aliphatic rings. The van der Waals surface area contributed by atoms with Crippen LogP contribution in [0.25, 0.3) is 0 Å². The number of esters is 1. The Hall–Kier alpha value is -3.21. The molecule has 1 N–H and O–H groups in total. The van der Waals surface area contributed by atoms with Crippen molar-refractivity contribution in [1.29, 1.82) is 0 Å². The van der Waals surface area contributed by atoms with Crippen molar-refractivity contribution < 1.29 is 19.4 Å². The first-order valence-corrected chi connectivity index (χ1v) is 21.1. The average molecular weight is 731 g/mol. The quantitative estimate of drug-likeness (QED) is 0.0393. The zero-order valence-corrected chi connectivity index (χ0v) is 34.0. The summed E-state index contributed by atoms with van der Waals surface area (Å²) in [5.41, 5.74) is 0. The predicted molar refractivity (Wildman–Crippen MR) is 232 cm³/mol. The lowest BCUT2D eigenvalue weighted by molar-refractivity contribution is -0.154. The van der Waals surface area contributed by atoms with Crippen molar-refractivity contribution in [3.8, 4) is 0 Å². The number of carbonyl (C=O) groups excluding carboxylic acids is 1. The highest BCUT2D eigenvalue weighted by Gasteiger charge is 2.13. The third-order valence-corrected chi connectivity index (χ3v) is 8.28. The molecule has 0 bridgehead atoms. The minimum atomic E-state index is -0.573. The number of allylic oxidation sites excluding steroid dienone is 20. The van der Waals surface area contributed by atoms with Crippen LogP contribution in [0.5, 0.6) is 0 Å². The summed E-state index contributed by atoms with van der Waals surface area (Å²) in [6.07, 6.45) is 66.8. The maximum atomic E-state index is 12.2. The van der Waals surface area contributed by atoms with Crippen LogP contribution in [-0.4, -0.2) is 37.0 Å². The van der Waals surface area contributed by atoms with Gasteiger partial charge in [0, 0.05) is 13.0 Å². The van der Waals surface area contributed by atoms with Crippen LogP contribution in [0, 0.1) is 0 Å². The largest absolute Gasteiger partial charge is 0.457 e. The third-order valence-electron chi connectivity index (χ3n) is 8.28. The molecule has 298 valence electrons. The molecule has 4 heteroatoms. The van der Waals surface area contributed by atoms with Gasteiger partial charge in [-0.3, -0.25) is 4.79 Å². The predicted octanol–water partition coefficient (Wildman–Crippen LogP) is 14.1. The summed E-state index contributed by atoms with van der Waals surface area (Å²) >= 11 is 0. The van der Waals surface area contributed by atoms with E-state index >= 15 is 0 Å². The Morgan fingerprint density at radius 1 is 0.453 bits per heavy atom. The number of hydrogen-bond acceptors (Lipinski definition) is 4. The fourth-order valence-corrected chi connectivity index (χ4v) is 5.20. The van der Waals surface area contributed by atoms with Crippen molar-refractivity contribution in [2.45, 2.75) is 161 Å². The number of hydrogen-bond donors (Lipinski definition) is 1. The minimum absolute atomic E-state index is 0.203. The second kappa shape index (κ2) is 44.9. The smallest absolute Gasteiger partial charge is 0.306 e. The van der Waals surface area contributed by atoms with E-state index in [0.717, 1.165) is 109 Å². The second-order valence-electron chi connectivity index (χ2n) is 13.3. The zero-order valence-electron chi connectivity index (χ0n) is 34.0. The normalized spacial score (nSPS) is 13.6. The van der Waals surface area contributed by atoms with Crippen LogP contribution < -0.4 is 0 Å². The number of rotatable bonds is 37. The zero-order chi connectivity index (χ0) is 38.4. The molecule has 0 heterocycles. The van der Waals surface area contributed by atoms with Crippen LogP contribution in [0.2, 0.25) is 0 Å². The third kappa shape index (κ3) is 43.1. The lowest BCUT2D eigenvalue weighted by Crippen LogP contribution is -2.27. The SMILES string of the molecule is CC/C=C\C/C=C\C/C=C\C/C=C\C/C=C\CCCCCCCCCC(=O)OC(CO)COCCCC/C=C\C/C=C\C/C=C\C/C=C\C/C=C\CC. The van der Waals surface area contributed by atoms with Gasteiger partial charge in [0.05, 0.1) is 13.2 Å². The van der Waals surface area contributed by atoms with Gasteiger partial charge in [0.2, 0.25) is 0 Å². The molecule has 0 amide bonds. The summed E-state index contributed by atoms with van der Waals surface area (Å²) in [5, 5.41) is 9.60. The van der Waals surface area contributed by atoms with Crippen LogP contribution in [0.3, 0.4) is 0 Å². The molecular formula is C49H78O4. The number of ether oxygens (including phenoxy) is 2. The van der Waals surface area contributed by atoms with Gasteiger partial charge in [-0.05, 0) is 103 Å². The van der Waals surface area contributed by atoms with Gasteiger partial charge in [0.1, 0.15) is 6.10 Å². The molecule has 53 heavy (non-hydrogen) atoms. The van der Waals surface area contributed by atoms with E-state index in [2.05, 4.69) is 135 Å². The molecule has 0 radical (unpaired) electrons. The number of unbranched alkanes of at least 4 members (excludes halogenated alkanes) is 9. The topological polar surface area (TPSA) is 55.8 Å². The molecular weight excluding hydrogens is 653 g/mol. The van der Waals surface area contributed by atoms with E-state index in [0.29, 0.717) is 13.0 Å². The summed E-state index contributed by atoms with van der Waals surface area (Å²) < 4.78 is 11.1. The molecule has 1 atom stereocenters. The Labute approximate surface area is 327 Å². The maximum absolute atomic E-state index is 12.2. The van der Waals surface area contributed by atoms with Crippen LogP contribution in [0.15, 0.2) is 122 Å². The van der Waals surface area contributed by atoms with Gasteiger partial charge < -0.3 is 14.6 Å². The Bertz CT molecular complexity index is 1080. The van der Waals surface area contributed by atoms with Gasteiger partial charge in [-0.15, -0.1) is 0 Å². The molecule has 0 fully saturated rings.